The van der Waals surface area contributed by atoms with Crippen molar-refractivity contribution in [2.45, 2.75) is 33.4 Å². The van der Waals surface area contributed by atoms with Gasteiger partial charge in [0, 0.05) is 23.4 Å². The Morgan fingerprint density at radius 2 is 1.77 bits per heavy atom. The summed E-state index contributed by atoms with van der Waals surface area (Å²) in [4.78, 5) is 24.1. The Morgan fingerprint density at radius 3 is 2.37 bits per heavy atom. The summed E-state index contributed by atoms with van der Waals surface area (Å²) in [5.74, 6) is -0.488. The van der Waals surface area contributed by atoms with Crippen LogP contribution in [0.2, 0.25) is 0 Å². The van der Waals surface area contributed by atoms with Gasteiger partial charge in [-0.15, -0.1) is 0 Å². The number of hydrogen-bond donors (Lipinski definition) is 2. The highest BCUT2D eigenvalue weighted by atomic mass is 19.3. The highest BCUT2D eigenvalue weighted by Crippen LogP contribution is 2.30. The van der Waals surface area contributed by atoms with Gasteiger partial charge in [-0.1, -0.05) is 6.07 Å². The molecule has 0 saturated heterocycles. The van der Waals surface area contributed by atoms with Gasteiger partial charge in [-0.3, -0.25) is 9.59 Å². The van der Waals surface area contributed by atoms with Gasteiger partial charge >= 0.3 is 6.61 Å². The lowest BCUT2D eigenvalue weighted by atomic mass is 10.1. The Kier molecular flexibility index (Phi) is 8.34. The summed E-state index contributed by atoms with van der Waals surface area (Å²) >= 11 is 0. The molecule has 0 saturated carbocycles. The number of carbonyl (C=O) groups excluding carboxylic acids is 2. The summed E-state index contributed by atoms with van der Waals surface area (Å²) in [6.45, 7) is 2.78. The zero-order chi connectivity index (χ0) is 22.1. The second-order valence-corrected chi connectivity index (χ2v) is 6.55. The van der Waals surface area contributed by atoms with Crippen LogP contribution in [0.1, 0.15) is 36.7 Å². The number of nitrogens with one attached hydrogen (secondary N) is 2. The quantitative estimate of drug-likeness (QED) is 0.589. The van der Waals surface area contributed by atoms with Crippen LogP contribution in [0.15, 0.2) is 48.5 Å². The van der Waals surface area contributed by atoms with E-state index < -0.39 is 6.61 Å². The van der Waals surface area contributed by atoms with Gasteiger partial charge in [0.1, 0.15) is 0 Å². The molecule has 2 rings (SSSR count). The third-order valence-corrected chi connectivity index (χ3v) is 3.75. The number of ether oxygens (including phenoxy) is 2. The van der Waals surface area contributed by atoms with E-state index in [0.717, 1.165) is 0 Å². The Hall–Kier alpha value is -3.42. The SMILES string of the molecule is CCOc1cc(C=CC(=O)Nc2ccc(C(=O)NC(C)C)cc2)ccc1OC(F)F. The molecule has 0 aliphatic carbocycles. The molecule has 0 aliphatic heterocycles. The molecule has 0 fully saturated rings. The number of alkyl halides is 2. The van der Waals surface area contributed by atoms with E-state index in [-0.39, 0.29) is 36.0 Å². The average molecular weight is 418 g/mol. The van der Waals surface area contributed by atoms with Gasteiger partial charge in [-0.25, -0.2) is 0 Å². The van der Waals surface area contributed by atoms with Crippen LogP contribution >= 0.6 is 0 Å². The maximum atomic E-state index is 12.5. The average Bonchev–Trinajstić information content (AvgIpc) is 2.68. The minimum absolute atomic E-state index is 0.0289. The number of halogens is 2. The van der Waals surface area contributed by atoms with Crippen molar-refractivity contribution in [2.24, 2.45) is 0 Å². The van der Waals surface area contributed by atoms with E-state index in [9.17, 15) is 18.4 Å². The minimum atomic E-state index is -2.96. The number of benzene rings is 2. The van der Waals surface area contributed by atoms with E-state index in [2.05, 4.69) is 15.4 Å². The van der Waals surface area contributed by atoms with Gasteiger partial charge in [0.25, 0.3) is 5.91 Å². The fraction of sp³-hybridized carbons (Fsp3) is 0.273. The Labute approximate surface area is 173 Å². The molecule has 0 atom stereocenters. The predicted molar refractivity (Wildman–Crippen MR) is 111 cm³/mol. The molecule has 0 aliphatic rings. The van der Waals surface area contributed by atoms with Gasteiger partial charge in [0.05, 0.1) is 6.61 Å². The molecule has 2 amide bonds. The second-order valence-electron chi connectivity index (χ2n) is 6.55. The van der Waals surface area contributed by atoms with Crippen LogP contribution < -0.4 is 20.1 Å². The maximum absolute atomic E-state index is 12.5. The van der Waals surface area contributed by atoms with Crippen LogP contribution in [-0.2, 0) is 4.79 Å². The fourth-order valence-electron chi connectivity index (χ4n) is 2.50. The van der Waals surface area contributed by atoms with Gasteiger partial charge in [-0.05, 0) is 68.8 Å². The molecular weight excluding hydrogens is 394 g/mol. The van der Waals surface area contributed by atoms with E-state index in [1.54, 1.807) is 31.2 Å². The van der Waals surface area contributed by atoms with Crippen molar-refractivity contribution in [3.8, 4) is 11.5 Å². The molecule has 2 aromatic carbocycles. The van der Waals surface area contributed by atoms with Crippen LogP contribution in [-0.4, -0.2) is 31.1 Å². The molecular formula is C22H24F2N2O4. The first-order valence-electron chi connectivity index (χ1n) is 9.40. The van der Waals surface area contributed by atoms with E-state index in [1.807, 2.05) is 13.8 Å². The number of rotatable bonds is 9. The smallest absolute Gasteiger partial charge is 0.387 e. The topological polar surface area (TPSA) is 76.7 Å². The molecule has 2 N–H and O–H groups in total. The van der Waals surface area contributed by atoms with Crippen molar-refractivity contribution >= 4 is 23.6 Å². The zero-order valence-electron chi connectivity index (χ0n) is 16.9. The van der Waals surface area contributed by atoms with Crippen molar-refractivity contribution in [2.75, 3.05) is 11.9 Å². The van der Waals surface area contributed by atoms with E-state index in [1.165, 1.54) is 30.4 Å². The third-order valence-electron chi connectivity index (χ3n) is 3.75. The lowest BCUT2D eigenvalue weighted by molar-refractivity contribution is -0.111. The molecule has 0 unspecified atom stereocenters. The summed E-state index contributed by atoms with van der Waals surface area (Å²) in [6, 6.07) is 10.9. The lowest BCUT2D eigenvalue weighted by Crippen LogP contribution is -2.29. The van der Waals surface area contributed by atoms with Gasteiger partial charge in [0.15, 0.2) is 11.5 Å². The standard InChI is InChI=1S/C22H24F2N2O4/c1-4-29-19-13-15(5-11-18(19)30-22(23)24)6-12-20(27)26-17-9-7-16(8-10-17)21(28)25-14(2)3/h5-14,22H,4H2,1-3H3,(H,25,28)(H,26,27). The monoisotopic (exact) mass is 418 g/mol. The van der Waals surface area contributed by atoms with Crippen LogP contribution in [0.25, 0.3) is 6.08 Å². The van der Waals surface area contributed by atoms with Crippen molar-refractivity contribution in [3.05, 3.63) is 59.7 Å². The highest BCUT2D eigenvalue weighted by molar-refractivity contribution is 6.02. The highest BCUT2D eigenvalue weighted by Gasteiger charge is 2.11. The van der Waals surface area contributed by atoms with Crippen molar-refractivity contribution in [1.82, 2.24) is 5.32 Å². The molecule has 0 radical (unpaired) electrons. The van der Waals surface area contributed by atoms with E-state index >= 15 is 0 Å². The Bertz CT molecular complexity index is 897. The van der Waals surface area contributed by atoms with Crippen LogP contribution in [0.3, 0.4) is 0 Å². The first-order chi connectivity index (χ1) is 14.3. The molecule has 0 heterocycles. The zero-order valence-corrected chi connectivity index (χ0v) is 16.9. The summed E-state index contributed by atoms with van der Waals surface area (Å²) in [5, 5.41) is 5.47. The van der Waals surface area contributed by atoms with Gasteiger partial charge in [-0.2, -0.15) is 8.78 Å². The number of carbonyl (C=O) groups is 2. The summed E-state index contributed by atoms with van der Waals surface area (Å²) in [5.41, 5.74) is 1.60. The molecule has 2 aromatic rings. The Morgan fingerprint density at radius 1 is 1.07 bits per heavy atom. The van der Waals surface area contributed by atoms with Gasteiger partial charge < -0.3 is 20.1 Å². The molecule has 0 spiro atoms. The predicted octanol–water partition coefficient (Wildman–Crippen LogP) is 4.48. The first-order valence-corrected chi connectivity index (χ1v) is 9.40. The molecule has 160 valence electrons. The second kappa shape index (κ2) is 10.9. The molecule has 6 nitrogen and oxygen atoms in total. The van der Waals surface area contributed by atoms with E-state index in [0.29, 0.717) is 16.8 Å². The van der Waals surface area contributed by atoms with Crippen LogP contribution in [0.4, 0.5) is 14.5 Å². The van der Waals surface area contributed by atoms with Crippen molar-refractivity contribution in [3.63, 3.8) is 0 Å². The largest absolute Gasteiger partial charge is 0.490 e. The maximum Gasteiger partial charge on any atom is 0.387 e. The summed E-state index contributed by atoms with van der Waals surface area (Å²) in [6.07, 6.45) is 2.83. The first kappa shape index (κ1) is 22.9. The normalized spacial score (nSPS) is 11.0. The van der Waals surface area contributed by atoms with Crippen molar-refractivity contribution < 1.29 is 27.8 Å². The number of anilines is 1. The minimum Gasteiger partial charge on any atom is -0.490 e. The molecule has 0 bridgehead atoms. The molecule has 0 aromatic heterocycles. The Balaban J connectivity index is 2.02. The van der Waals surface area contributed by atoms with Gasteiger partial charge in [0.2, 0.25) is 5.91 Å². The summed E-state index contributed by atoms with van der Waals surface area (Å²) < 4.78 is 34.6. The number of hydrogen-bond acceptors (Lipinski definition) is 4. The van der Waals surface area contributed by atoms with Crippen molar-refractivity contribution in [1.29, 1.82) is 0 Å². The molecule has 8 heteroatoms. The van der Waals surface area contributed by atoms with Crippen LogP contribution in [0.5, 0.6) is 11.5 Å². The van der Waals surface area contributed by atoms with Crippen LogP contribution in [0, 0.1) is 0 Å². The lowest BCUT2D eigenvalue weighted by Gasteiger charge is -2.11. The molecule has 30 heavy (non-hydrogen) atoms. The van der Waals surface area contributed by atoms with E-state index in [4.69, 9.17) is 4.74 Å². The fourth-order valence-corrected chi connectivity index (χ4v) is 2.50. The third kappa shape index (κ3) is 7.20. The number of amides is 2. The summed E-state index contributed by atoms with van der Waals surface area (Å²) in [7, 11) is 0.